The molecule has 1 fully saturated rings. The molecule has 2 N–H and O–H groups in total. The molecule has 0 aliphatic carbocycles. The monoisotopic (exact) mass is 330 g/mol. The van der Waals surface area contributed by atoms with Crippen LogP contribution < -0.4 is 5.32 Å². The van der Waals surface area contributed by atoms with E-state index in [9.17, 15) is 27.9 Å². The topological polar surface area (TPSA) is 69.6 Å². The van der Waals surface area contributed by atoms with Crippen molar-refractivity contribution in [3.05, 3.63) is 35.4 Å². The van der Waals surface area contributed by atoms with Gasteiger partial charge in [0, 0.05) is 0 Å². The average Bonchev–Trinajstić information content (AvgIpc) is 2.61. The van der Waals surface area contributed by atoms with E-state index in [1.54, 1.807) is 0 Å². The number of benzene rings is 1. The minimum absolute atomic E-state index is 0.0314. The van der Waals surface area contributed by atoms with Crippen molar-refractivity contribution < 1.29 is 27.9 Å². The van der Waals surface area contributed by atoms with Crippen molar-refractivity contribution >= 4 is 11.9 Å². The second-order valence-electron chi connectivity index (χ2n) is 6.34. The molecule has 0 spiro atoms. The summed E-state index contributed by atoms with van der Waals surface area (Å²) in [6.07, 6.45) is -4.55. The van der Waals surface area contributed by atoms with Crippen LogP contribution in [0.4, 0.5) is 18.0 Å². The molecular formula is C15H17F3N2O3. The molecular weight excluding hydrogens is 313 g/mol. The van der Waals surface area contributed by atoms with E-state index in [0.717, 1.165) is 17.0 Å². The predicted molar refractivity (Wildman–Crippen MR) is 75.3 cm³/mol. The molecule has 23 heavy (non-hydrogen) atoms. The Balaban J connectivity index is 2.40. The Hall–Kier alpha value is -2.09. The predicted octanol–water partition coefficient (Wildman–Crippen LogP) is 2.24. The SMILES string of the molecule is CC(C)(O)CN1C(=O)NC(C)(c2cccc(C(F)(F)F)c2)C1=O. The molecule has 1 aliphatic rings. The van der Waals surface area contributed by atoms with Gasteiger partial charge < -0.3 is 10.4 Å². The fourth-order valence-electron chi connectivity index (χ4n) is 2.43. The van der Waals surface area contributed by atoms with Crippen LogP contribution in [0.3, 0.4) is 0 Å². The van der Waals surface area contributed by atoms with Crippen LogP contribution in [0.15, 0.2) is 24.3 Å². The number of hydrogen-bond acceptors (Lipinski definition) is 3. The van der Waals surface area contributed by atoms with Crippen LogP contribution in [0.2, 0.25) is 0 Å². The lowest BCUT2D eigenvalue weighted by Gasteiger charge is -2.25. The van der Waals surface area contributed by atoms with Crippen LogP contribution >= 0.6 is 0 Å². The summed E-state index contributed by atoms with van der Waals surface area (Å²) in [5, 5.41) is 12.2. The number of halogens is 3. The van der Waals surface area contributed by atoms with Crippen LogP contribution in [-0.4, -0.2) is 34.1 Å². The zero-order valence-corrected chi connectivity index (χ0v) is 12.9. The van der Waals surface area contributed by atoms with Crippen molar-refractivity contribution in [2.45, 2.75) is 38.1 Å². The molecule has 1 atom stereocenters. The Bertz CT molecular complexity index is 652. The fraction of sp³-hybridized carbons (Fsp3) is 0.467. The summed E-state index contributed by atoms with van der Waals surface area (Å²) in [7, 11) is 0. The summed E-state index contributed by atoms with van der Waals surface area (Å²) in [5.74, 6) is -0.705. The fourth-order valence-corrected chi connectivity index (χ4v) is 2.43. The maximum atomic E-state index is 12.8. The van der Waals surface area contributed by atoms with Gasteiger partial charge in [0.15, 0.2) is 0 Å². The van der Waals surface area contributed by atoms with Crippen LogP contribution in [0.5, 0.6) is 0 Å². The van der Waals surface area contributed by atoms with Crippen LogP contribution in [-0.2, 0) is 16.5 Å². The number of carbonyl (C=O) groups is 2. The number of imide groups is 1. The second kappa shape index (κ2) is 5.23. The Morgan fingerprint density at radius 1 is 1.26 bits per heavy atom. The van der Waals surface area contributed by atoms with Gasteiger partial charge in [-0.2, -0.15) is 13.2 Å². The summed E-state index contributed by atoms with van der Waals surface area (Å²) in [4.78, 5) is 25.3. The number of urea groups is 1. The molecule has 1 aliphatic heterocycles. The van der Waals surface area contributed by atoms with E-state index in [2.05, 4.69) is 5.32 Å². The van der Waals surface area contributed by atoms with Crippen molar-refractivity contribution in [2.24, 2.45) is 0 Å². The Kier molecular flexibility index (Phi) is 3.92. The highest BCUT2D eigenvalue weighted by molar-refractivity contribution is 6.07. The first-order valence-electron chi connectivity index (χ1n) is 6.89. The average molecular weight is 330 g/mol. The molecule has 2 rings (SSSR count). The molecule has 1 heterocycles. The molecule has 0 aromatic heterocycles. The summed E-state index contributed by atoms with van der Waals surface area (Å²) in [6, 6.07) is 3.51. The minimum Gasteiger partial charge on any atom is -0.389 e. The van der Waals surface area contributed by atoms with Crippen LogP contribution in [0, 0.1) is 0 Å². The summed E-state index contributed by atoms with van der Waals surface area (Å²) < 4.78 is 38.5. The maximum absolute atomic E-state index is 12.8. The van der Waals surface area contributed by atoms with Crippen molar-refractivity contribution in [3.63, 3.8) is 0 Å². The first-order chi connectivity index (χ1) is 10.3. The van der Waals surface area contributed by atoms with Gasteiger partial charge in [-0.1, -0.05) is 12.1 Å². The van der Waals surface area contributed by atoms with Crippen LogP contribution in [0.25, 0.3) is 0 Å². The van der Waals surface area contributed by atoms with Crippen LogP contribution in [0.1, 0.15) is 31.9 Å². The van der Waals surface area contributed by atoms with Gasteiger partial charge in [0.25, 0.3) is 5.91 Å². The number of aliphatic hydroxyl groups is 1. The number of alkyl halides is 3. The highest BCUT2D eigenvalue weighted by atomic mass is 19.4. The number of β-amino-alcohol motifs (C(OH)–C–C–N with tert-alkyl or cyclic N) is 1. The molecule has 0 bridgehead atoms. The quantitative estimate of drug-likeness (QED) is 0.835. The lowest BCUT2D eigenvalue weighted by atomic mass is 9.90. The van der Waals surface area contributed by atoms with E-state index in [-0.39, 0.29) is 12.1 Å². The highest BCUT2D eigenvalue weighted by Gasteiger charge is 2.50. The maximum Gasteiger partial charge on any atom is 0.416 e. The largest absolute Gasteiger partial charge is 0.416 e. The first kappa shape index (κ1) is 17.3. The standard InChI is InChI=1S/C15H17F3N2O3/c1-13(2,23)8-20-11(21)14(3,19-12(20)22)9-5-4-6-10(7-9)15(16,17)18/h4-7,23H,8H2,1-3H3,(H,19,22). The Labute approximate surface area is 131 Å². The number of hydrogen-bond donors (Lipinski definition) is 2. The van der Waals surface area contributed by atoms with E-state index >= 15 is 0 Å². The van der Waals surface area contributed by atoms with Gasteiger partial charge in [-0.15, -0.1) is 0 Å². The lowest BCUT2D eigenvalue weighted by molar-refractivity contribution is -0.138. The summed E-state index contributed by atoms with van der Waals surface area (Å²) in [6.45, 7) is 3.93. The summed E-state index contributed by atoms with van der Waals surface area (Å²) >= 11 is 0. The molecule has 1 aromatic rings. The van der Waals surface area contributed by atoms with Gasteiger partial charge in [0.05, 0.1) is 17.7 Å². The van der Waals surface area contributed by atoms with Gasteiger partial charge in [-0.3, -0.25) is 9.69 Å². The van der Waals surface area contributed by atoms with E-state index in [0.29, 0.717) is 0 Å². The van der Waals surface area contributed by atoms with E-state index in [4.69, 9.17) is 0 Å². The first-order valence-corrected chi connectivity index (χ1v) is 6.89. The van der Waals surface area contributed by atoms with Crippen molar-refractivity contribution in [1.82, 2.24) is 10.2 Å². The third kappa shape index (κ3) is 3.31. The van der Waals surface area contributed by atoms with E-state index < -0.39 is 34.8 Å². The molecule has 1 unspecified atom stereocenters. The molecule has 3 amide bonds. The van der Waals surface area contributed by atoms with Crippen molar-refractivity contribution in [2.75, 3.05) is 6.54 Å². The van der Waals surface area contributed by atoms with Crippen molar-refractivity contribution in [1.29, 1.82) is 0 Å². The molecule has 8 heteroatoms. The van der Waals surface area contributed by atoms with Gasteiger partial charge in [-0.05, 0) is 38.5 Å². The zero-order valence-electron chi connectivity index (χ0n) is 12.9. The van der Waals surface area contributed by atoms with E-state index in [1.165, 1.54) is 32.9 Å². The number of rotatable bonds is 3. The lowest BCUT2D eigenvalue weighted by Crippen LogP contribution is -2.44. The molecule has 1 saturated heterocycles. The van der Waals surface area contributed by atoms with Gasteiger partial charge in [-0.25, -0.2) is 4.79 Å². The van der Waals surface area contributed by atoms with Crippen molar-refractivity contribution in [3.8, 4) is 0 Å². The summed E-state index contributed by atoms with van der Waals surface area (Å²) in [5.41, 5.74) is -3.79. The Morgan fingerprint density at radius 3 is 2.39 bits per heavy atom. The molecule has 126 valence electrons. The zero-order chi connectivity index (χ0) is 17.6. The smallest absolute Gasteiger partial charge is 0.389 e. The normalized spacial score (nSPS) is 22.5. The van der Waals surface area contributed by atoms with Gasteiger partial charge in [0.1, 0.15) is 5.54 Å². The van der Waals surface area contributed by atoms with Gasteiger partial charge in [0.2, 0.25) is 0 Å². The number of nitrogens with one attached hydrogen (secondary N) is 1. The Morgan fingerprint density at radius 2 is 1.87 bits per heavy atom. The number of carbonyl (C=O) groups excluding carboxylic acids is 2. The molecule has 0 radical (unpaired) electrons. The van der Waals surface area contributed by atoms with E-state index in [1.807, 2.05) is 0 Å². The minimum atomic E-state index is -4.55. The molecule has 5 nitrogen and oxygen atoms in total. The third-order valence-corrected chi connectivity index (χ3v) is 3.59. The third-order valence-electron chi connectivity index (χ3n) is 3.59. The second-order valence-corrected chi connectivity index (χ2v) is 6.34. The number of nitrogens with zero attached hydrogens (tertiary/aromatic N) is 1. The molecule has 0 saturated carbocycles. The molecule has 1 aromatic carbocycles. The highest BCUT2D eigenvalue weighted by Crippen LogP contribution is 2.34. The van der Waals surface area contributed by atoms with Gasteiger partial charge >= 0.3 is 12.2 Å². The number of amides is 3.